The van der Waals surface area contributed by atoms with Gasteiger partial charge in [-0.3, -0.25) is 14.9 Å². The molecule has 7 heteroatoms. The van der Waals surface area contributed by atoms with Crippen LogP contribution in [-0.4, -0.2) is 34.1 Å². The number of carboxylic acid groups (broad SMARTS) is 1. The molecule has 1 spiro atoms. The minimum Gasteiger partial charge on any atom is -0.480 e. The number of fused-ring (bicyclic) bond motifs is 2. The Bertz CT molecular complexity index is 1210. The number of amides is 3. The summed E-state index contributed by atoms with van der Waals surface area (Å²) in [7, 11) is 0. The van der Waals surface area contributed by atoms with Crippen LogP contribution >= 0.6 is 0 Å². The van der Waals surface area contributed by atoms with Crippen molar-refractivity contribution in [3.8, 4) is 0 Å². The van der Waals surface area contributed by atoms with Crippen LogP contribution in [0.2, 0.25) is 0 Å². The van der Waals surface area contributed by atoms with Crippen molar-refractivity contribution in [3.05, 3.63) is 69.8 Å². The second kappa shape index (κ2) is 9.69. The van der Waals surface area contributed by atoms with Crippen LogP contribution in [-0.2, 0) is 35.3 Å². The van der Waals surface area contributed by atoms with Crippen molar-refractivity contribution in [2.75, 3.05) is 0 Å². The quantitative estimate of drug-likeness (QED) is 0.484. The molecule has 3 aliphatic rings. The largest absolute Gasteiger partial charge is 0.480 e. The molecule has 192 valence electrons. The normalized spacial score (nSPS) is 24.5. The van der Waals surface area contributed by atoms with Crippen LogP contribution < -0.4 is 16.4 Å². The standard InChI is InChI=1S/C15H18N2O2.C14H19NO2/c1-9(2)11-5-3-4-10-8-15(7-6-12(10)11)13(18)16-14(19)17-15;1-9(2)11-5-3-4-10-8-14(15,13(16)17)7-6-12(10)11/h3-5,9H,6-8H2,1-2H3,(H2,16,17,18,19);3-5,9H,6-8,15H2,1-2H3,(H,16,17). The predicted octanol–water partition coefficient (Wildman–Crippen LogP) is 3.96. The molecule has 1 heterocycles. The van der Waals surface area contributed by atoms with Crippen molar-refractivity contribution < 1.29 is 19.5 Å². The van der Waals surface area contributed by atoms with E-state index in [1.165, 1.54) is 27.8 Å². The first-order valence-electron chi connectivity index (χ1n) is 12.8. The van der Waals surface area contributed by atoms with Gasteiger partial charge in [0.05, 0.1) is 0 Å². The van der Waals surface area contributed by atoms with Crippen LogP contribution in [0.15, 0.2) is 36.4 Å². The number of carboxylic acids is 1. The minimum atomic E-state index is -1.08. The van der Waals surface area contributed by atoms with Crippen molar-refractivity contribution in [3.63, 3.8) is 0 Å². The molecule has 2 aliphatic carbocycles. The molecule has 36 heavy (non-hydrogen) atoms. The smallest absolute Gasteiger partial charge is 0.324 e. The number of carbonyl (C=O) groups excluding carboxylic acids is 2. The van der Waals surface area contributed by atoms with Gasteiger partial charge in [-0.1, -0.05) is 64.1 Å². The molecule has 2 aromatic rings. The summed E-state index contributed by atoms with van der Waals surface area (Å²) in [6.07, 6.45) is 3.86. The zero-order chi connectivity index (χ0) is 26.3. The average molecular weight is 492 g/mol. The Hall–Kier alpha value is -3.19. The molecule has 3 amide bonds. The fraction of sp³-hybridized carbons (Fsp3) is 0.483. The number of imide groups is 1. The molecule has 5 rings (SSSR count). The first kappa shape index (κ1) is 25.9. The number of hydrogen-bond donors (Lipinski definition) is 4. The SMILES string of the molecule is CC(C)c1cccc2c1CCC(N)(C(=O)O)C2.CC(C)c1cccc2c1CCC1(C2)NC(=O)NC1=O. The van der Waals surface area contributed by atoms with E-state index in [4.69, 9.17) is 5.73 Å². The third kappa shape index (κ3) is 4.76. The van der Waals surface area contributed by atoms with E-state index in [1.807, 2.05) is 18.2 Å². The lowest BCUT2D eigenvalue weighted by Gasteiger charge is -2.33. The third-order valence-electron chi connectivity index (χ3n) is 7.92. The molecule has 1 aliphatic heterocycles. The van der Waals surface area contributed by atoms with Crippen LogP contribution in [0, 0.1) is 0 Å². The van der Waals surface area contributed by atoms with Gasteiger partial charge >= 0.3 is 12.0 Å². The van der Waals surface area contributed by atoms with Gasteiger partial charge < -0.3 is 16.2 Å². The first-order chi connectivity index (χ1) is 17.0. The van der Waals surface area contributed by atoms with Crippen molar-refractivity contribution >= 4 is 17.9 Å². The van der Waals surface area contributed by atoms with Crippen LogP contribution in [0.4, 0.5) is 4.79 Å². The van der Waals surface area contributed by atoms with Gasteiger partial charge in [0.1, 0.15) is 11.1 Å². The predicted molar refractivity (Wildman–Crippen MR) is 139 cm³/mol. The first-order valence-corrected chi connectivity index (χ1v) is 12.8. The number of rotatable bonds is 3. The number of aliphatic carboxylic acids is 1. The Morgan fingerprint density at radius 1 is 0.889 bits per heavy atom. The van der Waals surface area contributed by atoms with E-state index in [0.29, 0.717) is 37.5 Å². The van der Waals surface area contributed by atoms with E-state index >= 15 is 0 Å². The van der Waals surface area contributed by atoms with Gasteiger partial charge in [-0.15, -0.1) is 0 Å². The summed E-state index contributed by atoms with van der Waals surface area (Å²) in [5.41, 5.74) is 11.8. The van der Waals surface area contributed by atoms with Gasteiger partial charge in [-0.2, -0.15) is 0 Å². The van der Waals surface area contributed by atoms with Gasteiger partial charge in [0.25, 0.3) is 5.91 Å². The van der Waals surface area contributed by atoms with E-state index in [0.717, 1.165) is 18.4 Å². The summed E-state index contributed by atoms with van der Waals surface area (Å²) in [5.74, 6) is -0.118. The number of hydrogen-bond acceptors (Lipinski definition) is 4. The number of carbonyl (C=O) groups is 3. The summed E-state index contributed by atoms with van der Waals surface area (Å²) in [6.45, 7) is 8.70. The summed E-state index contributed by atoms with van der Waals surface area (Å²) in [6, 6.07) is 12.0. The van der Waals surface area contributed by atoms with Gasteiger partial charge in [0, 0.05) is 12.8 Å². The van der Waals surface area contributed by atoms with Gasteiger partial charge in [-0.05, 0) is 70.9 Å². The summed E-state index contributed by atoms with van der Waals surface area (Å²) in [5, 5.41) is 14.3. The second-order valence-electron chi connectivity index (χ2n) is 11.1. The molecule has 0 aromatic heterocycles. The Labute approximate surface area is 212 Å². The van der Waals surface area contributed by atoms with Crippen LogP contribution in [0.25, 0.3) is 0 Å². The molecule has 1 fully saturated rings. The van der Waals surface area contributed by atoms with Crippen molar-refractivity contribution in [1.82, 2.24) is 10.6 Å². The lowest BCUT2D eigenvalue weighted by Crippen LogP contribution is -2.52. The van der Waals surface area contributed by atoms with Crippen LogP contribution in [0.5, 0.6) is 0 Å². The maximum atomic E-state index is 12.0. The summed E-state index contributed by atoms with van der Waals surface area (Å²) >= 11 is 0. The van der Waals surface area contributed by atoms with Gasteiger partial charge in [0.2, 0.25) is 0 Å². The lowest BCUT2D eigenvalue weighted by atomic mass is 9.75. The highest BCUT2D eigenvalue weighted by molar-refractivity contribution is 6.07. The zero-order valence-electron chi connectivity index (χ0n) is 21.6. The monoisotopic (exact) mass is 491 g/mol. The fourth-order valence-electron chi connectivity index (χ4n) is 5.87. The highest BCUT2D eigenvalue weighted by atomic mass is 16.4. The van der Waals surface area contributed by atoms with E-state index < -0.39 is 17.0 Å². The Morgan fingerprint density at radius 2 is 1.42 bits per heavy atom. The number of urea groups is 1. The molecule has 1 saturated heterocycles. The van der Waals surface area contributed by atoms with E-state index in [1.54, 1.807) is 0 Å². The molecule has 7 nitrogen and oxygen atoms in total. The molecule has 2 unspecified atom stereocenters. The second-order valence-corrected chi connectivity index (χ2v) is 11.1. The van der Waals surface area contributed by atoms with Crippen LogP contribution in [0.1, 0.15) is 85.8 Å². The highest BCUT2D eigenvalue weighted by Crippen LogP contribution is 2.35. The van der Waals surface area contributed by atoms with Crippen molar-refractivity contribution in [2.24, 2.45) is 5.73 Å². The highest BCUT2D eigenvalue weighted by Gasteiger charge is 2.48. The molecule has 2 atom stereocenters. The van der Waals surface area contributed by atoms with Gasteiger partial charge in [-0.25, -0.2) is 4.79 Å². The topological polar surface area (TPSA) is 122 Å². The van der Waals surface area contributed by atoms with E-state index in [9.17, 15) is 19.5 Å². The zero-order valence-corrected chi connectivity index (χ0v) is 21.6. The fourth-order valence-corrected chi connectivity index (χ4v) is 5.87. The van der Waals surface area contributed by atoms with Crippen LogP contribution in [0.3, 0.4) is 0 Å². The van der Waals surface area contributed by atoms with Crippen molar-refractivity contribution in [1.29, 1.82) is 0 Å². The molecular weight excluding hydrogens is 454 g/mol. The molecule has 2 aromatic carbocycles. The number of nitrogens with two attached hydrogens (primary N) is 1. The molecule has 5 N–H and O–H groups in total. The average Bonchev–Trinajstić information content (AvgIpc) is 3.09. The molecule has 0 saturated carbocycles. The third-order valence-corrected chi connectivity index (χ3v) is 7.92. The maximum Gasteiger partial charge on any atom is 0.324 e. The Kier molecular flexibility index (Phi) is 6.97. The number of benzene rings is 2. The van der Waals surface area contributed by atoms with E-state index in [-0.39, 0.29) is 11.9 Å². The molecular formula is C29H37N3O4. The molecule has 0 radical (unpaired) electrons. The van der Waals surface area contributed by atoms with E-state index in [2.05, 4.69) is 56.5 Å². The summed E-state index contributed by atoms with van der Waals surface area (Å²) < 4.78 is 0. The Balaban J connectivity index is 0.000000170. The minimum absolute atomic E-state index is 0.182. The van der Waals surface area contributed by atoms with Crippen molar-refractivity contribution in [2.45, 2.75) is 89.1 Å². The number of nitrogens with one attached hydrogen (secondary N) is 2. The molecule has 0 bridgehead atoms. The maximum absolute atomic E-state index is 12.0. The Morgan fingerprint density at radius 3 is 1.89 bits per heavy atom. The summed E-state index contributed by atoms with van der Waals surface area (Å²) in [4.78, 5) is 34.5. The lowest BCUT2D eigenvalue weighted by molar-refractivity contribution is -0.143. The van der Waals surface area contributed by atoms with Gasteiger partial charge in [0.15, 0.2) is 0 Å².